The molecule has 0 aliphatic carbocycles. The summed E-state index contributed by atoms with van der Waals surface area (Å²) in [5.41, 5.74) is 0.779. The Kier molecular flexibility index (Phi) is 5.38. The van der Waals surface area contributed by atoms with Gasteiger partial charge in [0.15, 0.2) is 0 Å². The molecule has 2 aromatic rings. The molecule has 132 valence electrons. The molecule has 2 atom stereocenters. The Hall–Kier alpha value is -2.34. The van der Waals surface area contributed by atoms with E-state index >= 15 is 0 Å². The molecule has 0 unspecified atom stereocenters. The number of ketones is 1. The Bertz CT molecular complexity index is 805. The maximum absolute atomic E-state index is 13.8. The highest BCUT2D eigenvalue weighted by Gasteiger charge is 2.31. The summed E-state index contributed by atoms with van der Waals surface area (Å²) in [6, 6.07) is 6.44. The van der Waals surface area contributed by atoms with Gasteiger partial charge in [-0.3, -0.25) is 19.5 Å². The molecule has 1 saturated heterocycles. The fourth-order valence-corrected chi connectivity index (χ4v) is 3.52. The van der Waals surface area contributed by atoms with Crippen molar-refractivity contribution in [3.8, 4) is 0 Å². The van der Waals surface area contributed by atoms with E-state index in [0.717, 1.165) is 19.5 Å². The number of hydrogen-bond donors (Lipinski definition) is 1. The van der Waals surface area contributed by atoms with Gasteiger partial charge in [0.1, 0.15) is 17.3 Å². The van der Waals surface area contributed by atoms with Crippen LogP contribution in [-0.2, 0) is 17.8 Å². The maximum atomic E-state index is 13.8. The van der Waals surface area contributed by atoms with Crippen molar-refractivity contribution in [2.75, 3.05) is 13.1 Å². The van der Waals surface area contributed by atoms with Gasteiger partial charge >= 0.3 is 0 Å². The highest BCUT2D eigenvalue weighted by Crippen LogP contribution is 2.26. The van der Waals surface area contributed by atoms with Crippen molar-refractivity contribution in [2.45, 2.75) is 26.3 Å². The highest BCUT2D eigenvalue weighted by atomic mass is 19.1. The van der Waals surface area contributed by atoms with Crippen molar-refractivity contribution >= 4 is 5.78 Å². The van der Waals surface area contributed by atoms with Crippen LogP contribution in [0, 0.1) is 17.7 Å². The predicted molar refractivity (Wildman–Crippen MR) is 92.5 cm³/mol. The number of hydrogen-bond acceptors (Lipinski definition) is 4. The summed E-state index contributed by atoms with van der Waals surface area (Å²) >= 11 is 0. The molecule has 1 aromatic carbocycles. The van der Waals surface area contributed by atoms with Crippen molar-refractivity contribution in [2.24, 2.45) is 11.8 Å². The molecule has 6 heteroatoms. The quantitative estimate of drug-likeness (QED) is 0.904. The third-order valence-electron chi connectivity index (χ3n) is 4.88. The van der Waals surface area contributed by atoms with E-state index in [-0.39, 0.29) is 35.4 Å². The van der Waals surface area contributed by atoms with Crippen LogP contribution in [0.2, 0.25) is 0 Å². The lowest BCUT2D eigenvalue weighted by molar-refractivity contribution is -0.125. The van der Waals surface area contributed by atoms with Gasteiger partial charge in [0, 0.05) is 37.8 Å². The Morgan fingerprint density at radius 1 is 1.40 bits per heavy atom. The number of nitrogens with zero attached hydrogens (tertiary/aromatic N) is 2. The van der Waals surface area contributed by atoms with Gasteiger partial charge in [-0.25, -0.2) is 4.39 Å². The lowest BCUT2D eigenvalue weighted by atomic mass is 9.81. The fraction of sp³-hybridized carbons (Fsp3) is 0.421. The summed E-state index contributed by atoms with van der Waals surface area (Å²) in [5, 5.41) is 0. The first kappa shape index (κ1) is 17.5. The largest absolute Gasteiger partial charge is 0.326 e. The Morgan fingerprint density at radius 2 is 2.20 bits per heavy atom. The smallest absolute Gasteiger partial charge is 0.270 e. The van der Waals surface area contributed by atoms with Crippen LogP contribution in [0.5, 0.6) is 0 Å². The monoisotopic (exact) mass is 343 g/mol. The van der Waals surface area contributed by atoms with Crippen LogP contribution >= 0.6 is 0 Å². The molecule has 2 heterocycles. The van der Waals surface area contributed by atoms with Crippen molar-refractivity contribution < 1.29 is 9.18 Å². The molecule has 0 bridgehead atoms. The fourth-order valence-electron chi connectivity index (χ4n) is 3.52. The zero-order chi connectivity index (χ0) is 17.8. The summed E-state index contributed by atoms with van der Waals surface area (Å²) < 4.78 is 13.8. The van der Waals surface area contributed by atoms with Crippen LogP contribution in [0.1, 0.15) is 24.6 Å². The zero-order valence-corrected chi connectivity index (χ0v) is 14.2. The molecule has 0 spiro atoms. The minimum absolute atomic E-state index is 0.0714. The van der Waals surface area contributed by atoms with Crippen molar-refractivity contribution in [3.05, 3.63) is 64.1 Å². The number of rotatable bonds is 5. The van der Waals surface area contributed by atoms with Crippen LogP contribution in [0.15, 0.2) is 41.5 Å². The number of aromatic nitrogens is 2. The molecule has 1 aromatic heterocycles. The number of carbonyl (C=O) groups excluding carboxylic acids is 1. The SMILES string of the molecule is C[C@H]1CN(Cc2ncc[nH]c2=O)CC[C@@H]1C(=O)Cc1ccccc1F. The van der Waals surface area contributed by atoms with Crippen molar-refractivity contribution in [3.63, 3.8) is 0 Å². The van der Waals surface area contributed by atoms with E-state index in [1.54, 1.807) is 24.4 Å². The molecular formula is C19H22FN3O2. The van der Waals surface area contributed by atoms with E-state index in [2.05, 4.69) is 14.9 Å². The van der Waals surface area contributed by atoms with Gasteiger partial charge in [0.25, 0.3) is 5.56 Å². The van der Waals surface area contributed by atoms with E-state index in [1.165, 1.54) is 12.3 Å². The van der Waals surface area contributed by atoms with Gasteiger partial charge < -0.3 is 4.98 Å². The van der Waals surface area contributed by atoms with Crippen molar-refractivity contribution in [1.82, 2.24) is 14.9 Å². The van der Waals surface area contributed by atoms with Crippen LogP contribution < -0.4 is 5.56 Å². The predicted octanol–water partition coefficient (Wildman–Crippen LogP) is 2.18. The molecule has 1 fully saturated rings. The molecule has 5 nitrogen and oxygen atoms in total. The van der Waals surface area contributed by atoms with Gasteiger partial charge in [-0.2, -0.15) is 0 Å². The number of halogens is 1. The van der Waals surface area contributed by atoms with Gasteiger partial charge in [-0.15, -0.1) is 0 Å². The first-order chi connectivity index (χ1) is 12.0. The maximum Gasteiger partial charge on any atom is 0.270 e. The van der Waals surface area contributed by atoms with Crippen LogP contribution in [0.4, 0.5) is 4.39 Å². The Morgan fingerprint density at radius 3 is 2.92 bits per heavy atom. The second-order valence-corrected chi connectivity index (χ2v) is 6.71. The van der Waals surface area contributed by atoms with E-state index in [0.29, 0.717) is 17.8 Å². The molecule has 1 N–H and O–H groups in total. The lowest BCUT2D eigenvalue weighted by Crippen LogP contribution is -2.43. The van der Waals surface area contributed by atoms with E-state index in [9.17, 15) is 14.0 Å². The molecule has 0 saturated carbocycles. The van der Waals surface area contributed by atoms with Crippen molar-refractivity contribution in [1.29, 1.82) is 0 Å². The van der Waals surface area contributed by atoms with E-state index < -0.39 is 0 Å². The van der Waals surface area contributed by atoms with Crippen LogP contribution in [0.3, 0.4) is 0 Å². The minimum Gasteiger partial charge on any atom is -0.326 e. The summed E-state index contributed by atoms with van der Waals surface area (Å²) in [5.74, 6) is -0.142. The first-order valence-corrected chi connectivity index (χ1v) is 8.55. The third-order valence-corrected chi connectivity index (χ3v) is 4.88. The molecule has 1 aliphatic heterocycles. The van der Waals surface area contributed by atoms with Gasteiger partial charge in [-0.05, 0) is 30.5 Å². The van der Waals surface area contributed by atoms with Crippen LogP contribution in [0.25, 0.3) is 0 Å². The van der Waals surface area contributed by atoms with E-state index in [4.69, 9.17) is 0 Å². The Balaban J connectivity index is 1.60. The second-order valence-electron chi connectivity index (χ2n) is 6.71. The number of benzene rings is 1. The minimum atomic E-state index is -0.324. The number of piperidine rings is 1. The first-order valence-electron chi connectivity index (χ1n) is 8.55. The van der Waals surface area contributed by atoms with Gasteiger partial charge in [0.2, 0.25) is 0 Å². The number of H-pyrrole nitrogens is 1. The number of Topliss-reactive ketones (excluding diaryl/α,β-unsaturated/α-hetero) is 1. The van der Waals surface area contributed by atoms with Gasteiger partial charge in [-0.1, -0.05) is 25.1 Å². The van der Waals surface area contributed by atoms with Gasteiger partial charge in [0.05, 0.1) is 0 Å². The molecule has 25 heavy (non-hydrogen) atoms. The summed E-state index contributed by atoms with van der Waals surface area (Å²) in [4.78, 5) is 33.2. The summed E-state index contributed by atoms with van der Waals surface area (Å²) in [6.45, 7) is 3.98. The highest BCUT2D eigenvalue weighted by molar-refractivity contribution is 5.83. The summed E-state index contributed by atoms with van der Waals surface area (Å²) in [7, 11) is 0. The number of carbonyl (C=O) groups is 1. The average Bonchev–Trinajstić information content (AvgIpc) is 2.59. The van der Waals surface area contributed by atoms with Crippen LogP contribution in [-0.4, -0.2) is 33.7 Å². The normalized spacial score (nSPS) is 21.2. The number of aromatic amines is 1. The molecule has 3 rings (SSSR count). The molecule has 0 amide bonds. The average molecular weight is 343 g/mol. The number of likely N-dealkylation sites (tertiary alicyclic amines) is 1. The molecule has 1 aliphatic rings. The Labute approximate surface area is 145 Å². The topological polar surface area (TPSA) is 66.1 Å². The lowest BCUT2D eigenvalue weighted by Gasteiger charge is -2.35. The standard InChI is InChI=1S/C19H22FN3O2/c1-13-11-23(12-17-19(25)22-8-7-21-17)9-6-15(13)18(24)10-14-4-2-3-5-16(14)20/h2-5,7-8,13,15H,6,9-12H2,1H3,(H,22,25)/t13-,15-/m0/s1. The van der Waals surface area contributed by atoms with E-state index in [1.807, 2.05) is 6.92 Å². The third kappa shape index (κ3) is 4.20. The zero-order valence-electron chi connectivity index (χ0n) is 14.2. The second kappa shape index (κ2) is 7.70. The number of nitrogens with one attached hydrogen (secondary N) is 1. The molecule has 0 radical (unpaired) electrons. The molecular weight excluding hydrogens is 321 g/mol. The summed E-state index contributed by atoms with van der Waals surface area (Å²) in [6.07, 6.45) is 3.95.